The molecule has 0 radical (unpaired) electrons. The van der Waals surface area contributed by atoms with E-state index in [2.05, 4.69) is 6.07 Å². The Bertz CT molecular complexity index is 1520. The Labute approximate surface area is 187 Å². The van der Waals surface area contributed by atoms with Gasteiger partial charge in [-0.05, 0) is 46.4 Å². The molecule has 30 heavy (non-hydrogen) atoms. The summed E-state index contributed by atoms with van der Waals surface area (Å²) in [5.74, 6) is 0. The molecule has 0 spiro atoms. The molecule has 1 unspecified atom stereocenters. The molecule has 3 aromatic carbocycles. The Morgan fingerprint density at radius 1 is 0.767 bits per heavy atom. The fraction of sp³-hybridized carbons (Fsp3) is 0.207. The first-order valence-corrected chi connectivity index (χ1v) is 10.3. The van der Waals surface area contributed by atoms with E-state index in [1.54, 1.807) is 12.1 Å². The van der Waals surface area contributed by atoms with Gasteiger partial charge in [0.1, 0.15) is 7.05 Å². The average Bonchev–Trinajstić information content (AvgIpc) is 3.12. The number of fused-ring (bicyclic) bond motifs is 5. The van der Waals surface area contributed by atoms with Crippen LogP contribution in [-0.2, 0) is 17.9 Å². The van der Waals surface area contributed by atoms with E-state index in [0.717, 1.165) is 33.4 Å². The molecule has 0 saturated carbocycles. The summed E-state index contributed by atoms with van der Waals surface area (Å²) in [6.45, 7) is -3.75. The number of nitrogens with zero attached hydrogens (tertiary/aromatic N) is 1. The van der Waals surface area contributed by atoms with Gasteiger partial charge in [-0.1, -0.05) is 80.4 Å². The van der Waals surface area contributed by atoms with Gasteiger partial charge in [-0.2, -0.15) is 0 Å². The Balaban J connectivity index is 2.03. The first kappa shape index (κ1) is 12.5. The molecule has 1 atom stereocenters. The summed E-state index contributed by atoms with van der Waals surface area (Å²) in [6.07, 6.45) is 1.86. The Kier molecular flexibility index (Phi) is 2.37. The summed E-state index contributed by atoms with van der Waals surface area (Å²) in [5, 5.41) is 0. The Morgan fingerprint density at radius 2 is 1.50 bits per heavy atom. The number of aromatic nitrogens is 1. The van der Waals surface area contributed by atoms with Crippen LogP contribution in [0.4, 0.5) is 0 Å². The molecule has 1 heterocycles. The van der Waals surface area contributed by atoms with E-state index in [4.69, 9.17) is 8.22 Å². The summed E-state index contributed by atoms with van der Waals surface area (Å²) in [5.41, 5.74) is 3.12. The summed E-state index contributed by atoms with van der Waals surface area (Å²) < 4.78 is 56.3. The highest BCUT2D eigenvalue weighted by Gasteiger charge is 2.60. The minimum atomic E-state index is -2.88. The van der Waals surface area contributed by atoms with Crippen LogP contribution in [0.3, 0.4) is 0 Å². The molecule has 2 aliphatic rings. The van der Waals surface area contributed by atoms with Gasteiger partial charge in [0, 0.05) is 25.3 Å². The first-order valence-electron chi connectivity index (χ1n) is 13.3. The lowest BCUT2D eigenvalue weighted by atomic mass is 9.50. The smallest absolute Gasteiger partial charge is 0.201 e. The van der Waals surface area contributed by atoms with Gasteiger partial charge in [0.15, 0.2) is 6.20 Å². The molecule has 146 valence electrons. The normalized spacial score (nSPS) is 23.5. The minimum Gasteiger partial charge on any atom is -0.201 e. The summed E-state index contributed by atoms with van der Waals surface area (Å²) in [7, 11) is 1.86. The number of aryl methyl sites for hydroxylation is 2. The van der Waals surface area contributed by atoms with Crippen molar-refractivity contribution < 1.29 is 12.8 Å². The van der Waals surface area contributed by atoms with Crippen LogP contribution < -0.4 is 4.57 Å². The topological polar surface area (TPSA) is 3.88 Å². The van der Waals surface area contributed by atoms with E-state index in [0.29, 0.717) is 16.8 Å². The van der Waals surface area contributed by atoms with Crippen LogP contribution in [0.25, 0.3) is 22.4 Å². The minimum absolute atomic E-state index is 0.334. The zero-order chi connectivity index (χ0) is 25.7. The van der Waals surface area contributed by atoms with Crippen LogP contribution in [0.15, 0.2) is 85.1 Å². The quantitative estimate of drug-likeness (QED) is 0.344. The van der Waals surface area contributed by atoms with Gasteiger partial charge in [0.05, 0.1) is 11.0 Å². The third-order valence-electron chi connectivity index (χ3n) is 7.00. The fourth-order valence-corrected chi connectivity index (χ4v) is 5.83. The lowest BCUT2D eigenvalue weighted by Gasteiger charge is -2.50. The van der Waals surface area contributed by atoms with Crippen LogP contribution in [0.5, 0.6) is 0 Å². The van der Waals surface area contributed by atoms with E-state index >= 15 is 0 Å². The molecule has 0 amide bonds. The molecule has 1 nitrogen and oxygen atoms in total. The van der Waals surface area contributed by atoms with Crippen LogP contribution in [0, 0.1) is 6.92 Å². The number of rotatable bonds is 1. The standard InChI is InChI=1S/C29H26N/c1-19-16-17-22-21-13-8-9-14-23(21)29(20-11-6-5-7-12-20)26(22)25(19)27-24(28(29,2)3)15-10-18-30(27)4/h5-18H,1-4H3/q+1/i2D3,3D3. The van der Waals surface area contributed by atoms with Crippen molar-refractivity contribution in [3.63, 3.8) is 0 Å². The SMILES string of the molecule is [2H]C([2H])([2H])C1(C([2H])([2H])[2H])c2ccc[n+](C)c2-c2c(C)ccc3c2C1(c1ccccc1)c1ccccc1-3. The van der Waals surface area contributed by atoms with Gasteiger partial charge in [0.25, 0.3) is 0 Å². The molecular formula is C29H26N+. The van der Waals surface area contributed by atoms with Gasteiger partial charge in [-0.25, -0.2) is 4.57 Å². The van der Waals surface area contributed by atoms with Crippen LogP contribution in [0.1, 0.15) is 49.7 Å². The van der Waals surface area contributed by atoms with Crippen molar-refractivity contribution in [3.05, 3.63) is 113 Å². The van der Waals surface area contributed by atoms with Crippen LogP contribution in [0.2, 0.25) is 0 Å². The van der Waals surface area contributed by atoms with E-state index in [9.17, 15) is 0 Å². The molecule has 1 aromatic heterocycles. The van der Waals surface area contributed by atoms with Crippen molar-refractivity contribution in [1.29, 1.82) is 0 Å². The zero-order valence-corrected chi connectivity index (χ0v) is 17.0. The molecule has 0 saturated heterocycles. The van der Waals surface area contributed by atoms with Crippen molar-refractivity contribution >= 4 is 0 Å². The monoisotopic (exact) mass is 394 g/mol. The summed E-state index contributed by atoms with van der Waals surface area (Å²) in [6, 6.07) is 24.7. The molecular weight excluding hydrogens is 362 g/mol. The molecule has 2 aliphatic carbocycles. The molecule has 4 aromatic rings. The predicted octanol–water partition coefficient (Wildman–Crippen LogP) is 6.09. The van der Waals surface area contributed by atoms with E-state index in [1.807, 2.05) is 85.4 Å². The lowest BCUT2D eigenvalue weighted by Crippen LogP contribution is -2.51. The maximum atomic E-state index is 9.06. The summed E-state index contributed by atoms with van der Waals surface area (Å²) >= 11 is 0. The van der Waals surface area contributed by atoms with Gasteiger partial charge in [-0.3, -0.25) is 0 Å². The van der Waals surface area contributed by atoms with E-state index in [-0.39, 0.29) is 0 Å². The molecule has 0 fully saturated rings. The average molecular weight is 395 g/mol. The Hall–Kier alpha value is -3.19. The molecule has 0 bridgehead atoms. The third kappa shape index (κ3) is 1.82. The fourth-order valence-electron chi connectivity index (χ4n) is 5.83. The van der Waals surface area contributed by atoms with Crippen molar-refractivity contribution in [1.82, 2.24) is 0 Å². The van der Waals surface area contributed by atoms with Gasteiger partial charge in [-0.15, -0.1) is 0 Å². The zero-order valence-electron chi connectivity index (χ0n) is 23.0. The highest BCUT2D eigenvalue weighted by Crippen LogP contribution is 2.66. The van der Waals surface area contributed by atoms with Crippen molar-refractivity contribution in [2.75, 3.05) is 0 Å². The number of hydrogen-bond donors (Lipinski definition) is 0. The second-order valence-corrected chi connectivity index (χ2v) is 8.47. The first-order chi connectivity index (χ1) is 17.0. The van der Waals surface area contributed by atoms with Gasteiger partial charge < -0.3 is 0 Å². The number of pyridine rings is 1. The van der Waals surface area contributed by atoms with Gasteiger partial charge in [0.2, 0.25) is 5.69 Å². The summed E-state index contributed by atoms with van der Waals surface area (Å²) in [4.78, 5) is 0. The molecule has 6 rings (SSSR count). The Morgan fingerprint density at radius 3 is 2.30 bits per heavy atom. The number of benzene rings is 3. The largest absolute Gasteiger partial charge is 0.216 e. The lowest BCUT2D eigenvalue weighted by molar-refractivity contribution is -0.661. The molecule has 0 aliphatic heterocycles. The van der Waals surface area contributed by atoms with Crippen LogP contribution in [-0.4, -0.2) is 0 Å². The number of hydrogen-bond acceptors (Lipinski definition) is 0. The molecule has 1 heteroatoms. The van der Waals surface area contributed by atoms with Crippen LogP contribution >= 0.6 is 0 Å². The van der Waals surface area contributed by atoms with E-state index < -0.39 is 24.5 Å². The van der Waals surface area contributed by atoms with Crippen molar-refractivity contribution in [2.45, 2.75) is 31.5 Å². The molecule has 0 N–H and O–H groups in total. The van der Waals surface area contributed by atoms with Crippen molar-refractivity contribution in [3.8, 4) is 22.4 Å². The van der Waals surface area contributed by atoms with E-state index in [1.165, 1.54) is 0 Å². The highest BCUT2D eigenvalue weighted by atomic mass is 14.9. The van der Waals surface area contributed by atoms with Gasteiger partial charge >= 0.3 is 0 Å². The predicted molar refractivity (Wildman–Crippen MR) is 123 cm³/mol. The maximum absolute atomic E-state index is 9.06. The second kappa shape index (κ2) is 5.70. The maximum Gasteiger partial charge on any atom is 0.216 e. The second-order valence-electron chi connectivity index (χ2n) is 8.47. The third-order valence-corrected chi connectivity index (χ3v) is 7.00. The highest BCUT2D eigenvalue weighted by molar-refractivity contribution is 5.94. The van der Waals surface area contributed by atoms with Crippen molar-refractivity contribution in [2.24, 2.45) is 7.05 Å².